The highest BCUT2D eigenvalue weighted by molar-refractivity contribution is 5.48. The fourth-order valence-corrected chi connectivity index (χ4v) is 2.80. The summed E-state index contributed by atoms with van der Waals surface area (Å²) < 4.78 is 7.19. The zero-order chi connectivity index (χ0) is 16.1. The van der Waals surface area contributed by atoms with Gasteiger partial charge in [-0.25, -0.2) is 0 Å². The Bertz CT molecular complexity index is 619. The molecule has 0 bridgehead atoms. The first-order valence-electron chi connectivity index (χ1n) is 7.50. The predicted molar refractivity (Wildman–Crippen MR) is 90.0 cm³/mol. The van der Waals surface area contributed by atoms with Crippen molar-refractivity contribution in [2.75, 3.05) is 26.1 Å². The monoisotopic (exact) mass is 302 g/mol. The van der Waals surface area contributed by atoms with Crippen molar-refractivity contribution in [2.45, 2.75) is 26.6 Å². The Kier molecular flexibility index (Phi) is 5.57. The van der Waals surface area contributed by atoms with Gasteiger partial charge < -0.3 is 15.0 Å². The van der Waals surface area contributed by atoms with Crippen LogP contribution in [0.3, 0.4) is 0 Å². The maximum absolute atomic E-state index is 5.26. The summed E-state index contributed by atoms with van der Waals surface area (Å²) >= 11 is 0. The molecule has 0 fully saturated rings. The van der Waals surface area contributed by atoms with E-state index in [9.17, 15) is 0 Å². The maximum Gasteiger partial charge on any atom is 0.130 e. The molecular formula is C17H26N4O. The van der Waals surface area contributed by atoms with E-state index in [1.54, 1.807) is 7.11 Å². The molecule has 0 amide bonds. The van der Waals surface area contributed by atoms with Crippen LogP contribution >= 0.6 is 0 Å². The average Bonchev–Trinajstić information content (AvgIpc) is 2.75. The van der Waals surface area contributed by atoms with Crippen LogP contribution in [0.5, 0.6) is 0 Å². The molecule has 1 N–H and O–H groups in total. The van der Waals surface area contributed by atoms with E-state index in [0.29, 0.717) is 6.61 Å². The van der Waals surface area contributed by atoms with E-state index in [-0.39, 0.29) is 0 Å². The van der Waals surface area contributed by atoms with Gasteiger partial charge in [0.25, 0.3) is 0 Å². The first-order valence-corrected chi connectivity index (χ1v) is 7.50. The average molecular weight is 302 g/mol. The topological polar surface area (TPSA) is 42.3 Å². The van der Waals surface area contributed by atoms with Crippen LogP contribution in [0.2, 0.25) is 0 Å². The summed E-state index contributed by atoms with van der Waals surface area (Å²) in [6, 6.07) is 8.37. The van der Waals surface area contributed by atoms with Crippen LogP contribution in [0.1, 0.15) is 22.4 Å². The van der Waals surface area contributed by atoms with Gasteiger partial charge in [0, 0.05) is 46.9 Å². The molecule has 0 unspecified atom stereocenters. The van der Waals surface area contributed by atoms with Crippen LogP contribution in [0.4, 0.5) is 5.82 Å². The van der Waals surface area contributed by atoms with Gasteiger partial charge in [0.15, 0.2) is 0 Å². The number of nitrogens with zero attached hydrogens (tertiary/aromatic N) is 3. The van der Waals surface area contributed by atoms with Gasteiger partial charge in [-0.2, -0.15) is 5.10 Å². The molecule has 5 nitrogen and oxygen atoms in total. The number of nitrogens with one attached hydrogen (secondary N) is 1. The Hall–Kier alpha value is -1.85. The van der Waals surface area contributed by atoms with E-state index < -0.39 is 0 Å². The minimum atomic E-state index is 0.646. The van der Waals surface area contributed by atoms with Gasteiger partial charge in [0.1, 0.15) is 5.82 Å². The lowest BCUT2D eigenvalue weighted by Crippen LogP contribution is -2.19. The summed E-state index contributed by atoms with van der Waals surface area (Å²) in [6.07, 6.45) is 0. The summed E-state index contributed by atoms with van der Waals surface area (Å²) in [5.41, 5.74) is 4.83. The van der Waals surface area contributed by atoms with Crippen LogP contribution < -0.4 is 10.2 Å². The van der Waals surface area contributed by atoms with E-state index in [0.717, 1.165) is 24.6 Å². The Morgan fingerprint density at radius 3 is 2.50 bits per heavy atom. The van der Waals surface area contributed by atoms with Gasteiger partial charge in [0.05, 0.1) is 12.3 Å². The SMILES string of the molecule is COCc1ccccc1CNCc1c(C)nn(C)c1N(C)C. The zero-order valence-corrected chi connectivity index (χ0v) is 14.2. The number of aryl methyl sites for hydroxylation is 2. The summed E-state index contributed by atoms with van der Waals surface area (Å²) in [6.45, 7) is 4.32. The van der Waals surface area contributed by atoms with Crippen LogP contribution in [0.25, 0.3) is 0 Å². The standard InChI is InChI=1S/C17H26N4O/c1-13-16(17(20(2)3)21(4)19-13)11-18-10-14-8-6-7-9-15(14)12-22-5/h6-9,18H,10-12H2,1-5H3. The van der Waals surface area contributed by atoms with Crippen molar-refractivity contribution in [1.29, 1.82) is 0 Å². The number of rotatable bonds is 7. The van der Waals surface area contributed by atoms with Gasteiger partial charge in [-0.1, -0.05) is 24.3 Å². The fourth-order valence-electron chi connectivity index (χ4n) is 2.80. The fraction of sp³-hybridized carbons (Fsp3) is 0.471. The maximum atomic E-state index is 5.26. The Labute approximate surface area is 132 Å². The van der Waals surface area contributed by atoms with Crippen LogP contribution in [0, 0.1) is 6.92 Å². The Morgan fingerprint density at radius 1 is 1.18 bits per heavy atom. The van der Waals surface area contributed by atoms with E-state index in [1.165, 1.54) is 16.7 Å². The molecule has 0 spiro atoms. The minimum Gasteiger partial charge on any atom is -0.380 e. The van der Waals surface area contributed by atoms with E-state index in [1.807, 2.05) is 31.9 Å². The number of hydrogen-bond acceptors (Lipinski definition) is 4. The second-order valence-electron chi connectivity index (χ2n) is 5.71. The number of benzene rings is 1. The molecule has 1 aromatic carbocycles. The summed E-state index contributed by atoms with van der Waals surface area (Å²) in [5.74, 6) is 1.15. The molecule has 120 valence electrons. The lowest BCUT2D eigenvalue weighted by molar-refractivity contribution is 0.184. The van der Waals surface area contributed by atoms with Crippen molar-refractivity contribution in [1.82, 2.24) is 15.1 Å². The molecule has 0 aliphatic heterocycles. The molecule has 0 atom stereocenters. The molecule has 5 heteroatoms. The smallest absolute Gasteiger partial charge is 0.130 e. The highest BCUT2D eigenvalue weighted by Gasteiger charge is 2.14. The molecule has 0 aliphatic carbocycles. The van der Waals surface area contributed by atoms with E-state index in [2.05, 4.69) is 40.4 Å². The van der Waals surface area contributed by atoms with Crippen molar-refractivity contribution in [3.63, 3.8) is 0 Å². The number of ether oxygens (including phenoxy) is 1. The molecule has 0 saturated heterocycles. The second-order valence-corrected chi connectivity index (χ2v) is 5.71. The number of methoxy groups -OCH3 is 1. The molecule has 22 heavy (non-hydrogen) atoms. The summed E-state index contributed by atoms with van der Waals surface area (Å²) in [5, 5.41) is 8.05. The molecule has 0 aliphatic rings. The molecule has 0 radical (unpaired) electrons. The lowest BCUT2D eigenvalue weighted by atomic mass is 10.1. The summed E-state index contributed by atoms with van der Waals surface area (Å²) in [4.78, 5) is 2.11. The highest BCUT2D eigenvalue weighted by Crippen LogP contribution is 2.21. The van der Waals surface area contributed by atoms with Crippen LogP contribution in [0.15, 0.2) is 24.3 Å². The molecule has 1 aromatic heterocycles. The largest absolute Gasteiger partial charge is 0.380 e. The normalized spacial score (nSPS) is 11.0. The quantitative estimate of drug-likeness (QED) is 0.852. The minimum absolute atomic E-state index is 0.646. The first kappa shape index (κ1) is 16.5. The van der Waals surface area contributed by atoms with E-state index in [4.69, 9.17) is 4.74 Å². The predicted octanol–water partition coefficient (Wildman–Crippen LogP) is 2.23. The van der Waals surface area contributed by atoms with Gasteiger partial charge in [-0.05, 0) is 18.1 Å². The van der Waals surface area contributed by atoms with Gasteiger partial charge in [0.2, 0.25) is 0 Å². The third-order valence-corrected chi connectivity index (χ3v) is 3.77. The number of aromatic nitrogens is 2. The van der Waals surface area contributed by atoms with Gasteiger partial charge in [-0.3, -0.25) is 4.68 Å². The summed E-state index contributed by atoms with van der Waals surface area (Å²) in [7, 11) is 7.81. The van der Waals surface area contributed by atoms with Crippen molar-refractivity contribution < 1.29 is 4.74 Å². The van der Waals surface area contributed by atoms with Gasteiger partial charge in [-0.15, -0.1) is 0 Å². The van der Waals surface area contributed by atoms with Crippen LogP contribution in [-0.4, -0.2) is 31.0 Å². The van der Waals surface area contributed by atoms with Crippen molar-refractivity contribution in [3.8, 4) is 0 Å². The molecule has 2 aromatic rings. The highest BCUT2D eigenvalue weighted by atomic mass is 16.5. The third-order valence-electron chi connectivity index (χ3n) is 3.77. The molecule has 2 rings (SSSR count). The van der Waals surface area contributed by atoms with E-state index >= 15 is 0 Å². The van der Waals surface area contributed by atoms with Crippen molar-refractivity contribution in [3.05, 3.63) is 46.6 Å². The number of hydrogen-bond donors (Lipinski definition) is 1. The zero-order valence-electron chi connectivity index (χ0n) is 14.2. The van der Waals surface area contributed by atoms with Crippen molar-refractivity contribution in [2.24, 2.45) is 7.05 Å². The molecule has 1 heterocycles. The lowest BCUT2D eigenvalue weighted by Gasteiger charge is -2.16. The number of anilines is 1. The Balaban J connectivity index is 2.06. The van der Waals surface area contributed by atoms with Crippen molar-refractivity contribution >= 4 is 5.82 Å². The van der Waals surface area contributed by atoms with Gasteiger partial charge >= 0.3 is 0 Å². The Morgan fingerprint density at radius 2 is 1.86 bits per heavy atom. The first-order chi connectivity index (χ1) is 10.5. The second kappa shape index (κ2) is 7.42. The van der Waals surface area contributed by atoms with Crippen LogP contribution in [-0.2, 0) is 31.5 Å². The molecular weight excluding hydrogens is 276 g/mol. The third kappa shape index (κ3) is 3.67. The molecule has 0 saturated carbocycles.